The van der Waals surface area contributed by atoms with Crippen molar-refractivity contribution in [1.82, 2.24) is 9.29 Å². The van der Waals surface area contributed by atoms with E-state index < -0.39 is 25.9 Å². The minimum absolute atomic E-state index is 0.145. The maximum atomic E-state index is 13.3. The predicted molar refractivity (Wildman–Crippen MR) is 109 cm³/mol. The molecule has 0 amide bonds. The highest BCUT2D eigenvalue weighted by molar-refractivity contribution is 7.90. The van der Waals surface area contributed by atoms with Crippen LogP contribution in [-0.4, -0.2) is 39.4 Å². The molecule has 1 aromatic heterocycles. The molecule has 28 heavy (non-hydrogen) atoms. The second-order valence-corrected chi connectivity index (χ2v) is 10.9. The fraction of sp³-hybridized carbons (Fsp3) is 0.250. The zero-order valence-corrected chi connectivity index (χ0v) is 17.8. The topological polar surface area (TPSA) is 84.4 Å². The molecule has 0 fully saturated rings. The van der Waals surface area contributed by atoms with E-state index >= 15 is 0 Å². The lowest BCUT2D eigenvalue weighted by Gasteiger charge is -2.25. The smallest absolute Gasteiger partial charge is 0.245 e. The van der Waals surface area contributed by atoms with E-state index in [0.717, 1.165) is 17.2 Å². The zero-order chi connectivity index (χ0) is 20.7. The van der Waals surface area contributed by atoms with Crippen molar-refractivity contribution in [3.05, 3.63) is 65.9 Å². The van der Waals surface area contributed by atoms with Crippen LogP contribution in [0.3, 0.4) is 0 Å². The Hall–Kier alpha value is -2.29. The van der Waals surface area contributed by atoms with Crippen LogP contribution in [0.5, 0.6) is 0 Å². The fourth-order valence-corrected chi connectivity index (χ4v) is 5.16. The molecule has 1 atom stereocenters. The summed E-state index contributed by atoms with van der Waals surface area (Å²) in [6.07, 6.45) is 2.78. The van der Waals surface area contributed by atoms with Gasteiger partial charge in [0.15, 0.2) is 9.84 Å². The van der Waals surface area contributed by atoms with Gasteiger partial charge < -0.3 is 0 Å². The van der Waals surface area contributed by atoms with E-state index in [0.29, 0.717) is 11.1 Å². The summed E-state index contributed by atoms with van der Waals surface area (Å²) in [4.78, 5) is 4.67. The maximum absolute atomic E-state index is 13.3. The standard InChI is InChI=1S/C20H22N2O4S2/c1-14-12-17-6-5-7-19(20(17)21-13-14)28(25,26)22(3)15(2)16-8-10-18(11-9-16)27(4,23)24/h5-13,15H,1-4H3. The fourth-order valence-electron chi connectivity index (χ4n) is 3.02. The van der Waals surface area contributed by atoms with Crippen LogP contribution in [0.2, 0.25) is 0 Å². The summed E-state index contributed by atoms with van der Waals surface area (Å²) in [5.41, 5.74) is 2.08. The van der Waals surface area contributed by atoms with Crippen molar-refractivity contribution in [3.8, 4) is 0 Å². The SMILES string of the molecule is Cc1cnc2c(S(=O)(=O)N(C)C(C)c3ccc(S(C)(=O)=O)cc3)cccc2c1. The lowest BCUT2D eigenvalue weighted by Crippen LogP contribution is -2.30. The third-order valence-electron chi connectivity index (χ3n) is 4.80. The lowest BCUT2D eigenvalue weighted by atomic mass is 10.1. The first-order valence-corrected chi connectivity index (χ1v) is 12.0. The van der Waals surface area contributed by atoms with Gasteiger partial charge in [-0.2, -0.15) is 4.31 Å². The van der Waals surface area contributed by atoms with E-state index in [9.17, 15) is 16.8 Å². The minimum Gasteiger partial charge on any atom is -0.255 e. The third-order valence-corrected chi connectivity index (χ3v) is 7.89. The van der Waals surface area contributed by atoms with Crippen LogP contribution < -0.4 is 0 Å². The molecule has 0 aliphatic rings. The quantitative estimate of drug-likeness (QED) is 0.635. The molecule has 1 heterocycles. The molecule has 8 heteroatoms. The number of rotatable bonds is 5. The molecule has 3 aromatic rings. The Kier molecular flexibility index (Phi) is 5.31. The number of sulfone groups is 1. The molecule has 3 rings (SSSR count). The molecule has 6 nitrogen and oxygen atoms in total. The van der Waals surface area contributed by atoms with Gasteiger partial charge in [-0.15, -0.1) is 0 Å². The normalized spacial score (nSPS) is 13.8. The van der Waals surface area contributed by atoms with Crippen LogP contribution >= 0.6 is 0 Å². The highest BCUT2D eigenvalue weighted by atomic mass is 32.2. The summed E-state index contributed by atoms with van der Waals surface area (Å²) in [5.74, 6) is 0. The first kappa shape index (κ1) is 20.4. The largest absolute Gasteiger partial charge is 0.255 e. The summed E-state index contributed by atoms with van der Waals surface area (Å²) in [5, 5.41) is 0.764. The number of aryl methyl sites for hydroxylation is 1. The summed E-state index contributed by atoms with van der Waals surface area (Å²) >= 11 is 0. The molecule has 0 spiro atoms. The molecule has 0 bridgehead atoms. The van der Waals surface area contributed by atoms with Crippen molar-refractivity contribution < 1.29 is 16.8 Å². The Morgan fingerprint density at radius 3 is 2.25 bits per heavy atom. The first-order chi connectivity index (χ1) is 13.0. The van der Waals surface area contributed by atoms with E-state index in [4.69, 9.17) is 0 Å². The van der Waals surface area contributed by atoms with E-state index in [1.165, 1.54) is 23.5 Å². The number of pyridine rings is 1. The van der Waals surface area contributed by atoms with E-state index in [1.54, 1.807) is 37.4 Å². The molecule has 2 aromatic carbocycles. The highest BCUT2D eigenvalue weighted by Crippen LogP contribution is 2.30. The third kappa shape index (κ3) is 3.80. The molecule has 0 aliphatic heterocycles. The molecule has 0 radical (unpaired) electrons. The van der Waals surface area contributed by atoms with Gasteiger partial charge in [-0.05, 0) is 49.2 Å². The number of fused-ring (bicyclic) bond motifs is 1. The number of benzene rings is 2. The molecular formula is C20H22N2O4S2. The van der Waals surface area contributed by atoms with Crippen molar-refractivity contribution in [1.29, 1.82) is 0 Å². The second-order valence-electron chi connectivity index (χ2n) is 6.88. The van der Waals surface area contributed by atoms with Crippen molar-refractivity contribution in [2.24, 2.45) is 0 Å². The van der Waals surface area contributed by atoms with Gasteiger partial charge in [0.2, 0.25) is 10.0 Å². The number of aromatic nitrogens is 1. The Balaban J connectivity index is 2.00. The molecule has 0 saturated heterocycles. The van der Waals surface area contributed by atoms with Gasteiger partial charge in [-0.3, -0.25) is 4.98 Å². The maximum Gasteiger partial charge on any atom is 0.245 e. The molecular weight excluding hydrogens is 396 g/mol. The Morgan fingerprint density at radius 2 is 1.64 bits per heavy atom. The number of para-hydroxylation sites is 1. The van der Waals surface area contributed by atoms with Gasteiger partial charge in [-0.25, -0.2) is 16.8 Å². The van der Waals surface area contributed by atoms with Crippen LogP contribution in [0.25, 0.3) is 10.9 Å². The van der Waals surface area contributed by atoms with Gasteiger partial charge >= 0.3 is 0 Å². The Bertz CT molecular complexity index is 1230. The number of hydrogen-bond donors (Lipinski definition) is 0. The van der Waals surface area contributed by atoms with E-state index in [-0.39, 0.29) is 9.79 Å². The van der Waals surface area contributed by atoms with Crippen LogP contribution in [0, 0.1) is 6.92 Å². The molecule has 0 aliphatic carbocycles. The number of hydrogen-bond acceptors (Lipinski definition) is 5. The van der Waals surface area contributed by atoms with Gasteiger partial charge in [-0.1, -0.05) is 24.3 Å². The average Bonchev–Trinajstić information content (AvgIpc) is 2.65. The minimum atomic E-state index is -3.81. The van der Waals surface area contributed by atoms with Crippen LogP contribution in [0.15, 0.2) is 64.5 Å². The van der Waals surface area contributed by atoms with Crippen molar-refractivity contribution >= 4 is 30.8 Å². The predicted octanol–water partition coefficient (Wildman–Crippen LogP) is 3.33. The highest BCUT2D eigenvalue weighted by Gasteiger charge is 2.28. The molecule has 148 valence electrons. The second kappa shape index (κ2) is 7.27. The van der Waals surface area contributed by atoms with Gasteiger partial charge in [0.05, 0.1) is 10.4 Å². The van der Waals surface area contributed by atoms with Crippen molar-refractivity contribution in [2.45, 2.75) is 29.7 Å². The van der Waals surface area contributed by atoms with Gasteiger partial charge in [0, 0.05) is 30.9 Å². The van der Waals surface area contributed by atoms with Gasteiger partial charge in [0.25, 0.3) is 0 Å². The van der Waals surface area contributed by atoms with Crippen LogP contribution in [0.1, 0.15) is 24.1 Å². The van der Waals surface area contributed by atoms with Crippen LogP contribution in [-0.2, 0) is 19.9 Å². The molecule has 1 unspecified atom stereocenters. The monoisotopic (exact) mass is 418 g/mol. The summed E-state index contributed by atoms with van der Waals surface area (Å²) in [6, 6.07) is 12.8. The zero-order valence-electron chi connectivity index (χ0n) is 16.1. The Labute approximate surface area is 165 Å². The number of sulfonamides is 1. The van der Waals surface area contributed by atoms with E-state index in [1.807, 2.05) is 19.1 Å². The first-order valence-electron chi connectivity index (χ1n) is 8.65. The molecule has 0 N–H and O–H groups in total. The van der Waals surface area contributed by atoms with Crippen LogP contribution in [0.4, 0.5) is 0 Å². The van der Waals surface area contributed by atoms with Crippen molar-refractivity contribution in [2.75, 3.05) is 13.3 Å². The average molecular weight is 419 g/mol. The van der Waals surface area contributed by atoms with Gasteiger partial charge in [0.1, 0.15) is 4.90 Å². The Morgan fingerprint density at radius 1 is 1.00 bits per heavy atom. The van der Waals surface area contributed by atoms with Crippen molar-refractivity contribution in [3.63, 3.8) is 0 Å². The summed E-state index contributed by atoms with van der Waals surface area (Å²) < 4.78 is 51.1. The lowest BCUT2D eigenvalue weighted by molar-refractivity contribution is 0.398. The summed E-state index contributed by atoms with van der Waals surface area (Å²) in [6.45, 7) is 3.66. The van der Waals surface area contributed by atoms with E-state index in [2.05, 4.69) is 4.98 Å². The molecule has 0 saturated carbocycles. The number of nitrogens with zero attached hydrogens (tertiary/aromatic N) is 2. The summed E-state index contributed by atoms with van der Waals surface area (Å²) in [7, 11) is -5.61.